The Hall–Kier alpha value is -0.100. The minimum Gasteiger partial charge on any atom is -0.506 e. The third-order valence-electron chi connectivity index (χ3n) is 3.44. The van der Waals surface area contributed by atoms with Gasteiger partial charge in [0.15, 0.2) is 0 Å². The van der Waals surface area contributed by atoms with Crippen molar-refractivity contribution in [3.05, 3.63) is 26.6 Å². The summed E-state index contributed by atoms with van der Waals surface area (Å²) in [5.41, 5.74) is 7.05. The normalized spacial score (nSPS) is 24.2. The molecule has 100 valence electrons. The summed E-state index contributed by atoms with van der Waals surface area (Å²) in [5, 5.41) is 13.2. The first-order chi connectivity index (χ1) is 8.56. The lowest BCUT2D eigenvalue weighted by molar-refractivity contribution is 0.341. The van der Waals surface area contributed by atoms with E-state index in [1.54, 1.807) is 0 Å². The summed E-state index contributed by atoms with van der Waals surface area (Å²) in [6, 6.07) is 4.85. The maximum absolute atomic E-state index is 9.65. The Labute approximate surface area is 124 Å². The zero-order valence-corrected chi connectivity index (χ0v) is 13.3. The van der Waals surface area contributed by atoms with E-state index in [1.165, 1.54) is 0 Å². The third-order valence-corrected chi connectivity index (χ3v) is 4.65. The second-order valence-corrected chi connectivity index (χ2v) is 6.61. The van der Waals surface area contributed by atoms with Crippen molar-refractivity contribution in [3.8, 4) is 5.75 Å². The van der Waals surface area contributed by atoms with E-state index in [9.17, 15) is 5.11 Å². The SMILES string of the molecule is NC1CCC(NCc2cc(Br)c(O)c(Br)c2)CC1. The molecule has 1 aromatic rings. The summed E-state index contributed by atoms with van der Waals surface area (Å²) in [6.07, 6.45) is 4.53. The highest BCUT2D eigenvalue weighted by Crippen LogP contribution is 2.33. The Morgan fingerprint density at radius 3 is 2.28 bits per heavy atom. The number of hydrogen-bond acceptors (Lipinski definition) is 3. The van der Waals surface area contributed by atoms with Crippen LogP contribution in [-0.4, -0.2) is 17.2 Å². The maximum atomic E-state index is 9.65. The lowest BCUT2D eigenvalue weighted by atomic mass is 9.92. The van der Waals surface area contributed by atoms with Crippen molar-refractivity contribution in [2.45, 2.75) is 44.3 Å². The van der Waals surface area contributed by atoms with Gasteiger partial charge in [0.1, 0.15) is 5.75 Å². The first kappa shape index (κ1) is 14.3. The molecule has 1 aromatic carbocycles. The van der Waals surface area contributed by atoms with Crippen LogP contribution in [0.1, 0.15) is 31.2 Å². The van der Waals surface area contributed by atoms with Gasteiger partial charge >= 0.3 is 0 Å². The van der Waals surface area contributed by atoms with Gasteiger partial charge in [-0.1, -0.05) is 0 Å². The number of hydrogen-bond donors (Lipinski definition) is 3. The highest BCUT2D eigenvalue weighted by Gasteiger charge is 2.18. The van der Waals surface area contributed by atoms with Crippen molar-refractivity contribution in [3.63, 3.8) is 0 Å². The van der Waals surface area contributed by atoms with E-state index in [0.29, 0.717) is 12.1 Å². The first-order valence-electron chi connectivity index (χ1n) is 6.22. The Kier molecular flexibility index (Phi) is 5.06. The number of phenols is 1. The maximum Gasteiger partial charge on any atom is 0.143 e. The highest BCUT2D eigenvalue weighted by atomic mass is 79.9. The van der Waals surface area contributed by atoms with Gasteiger partial charge in [0, 0.05) is 18.6 Å². The summed E-state index contributed by atoms with van der Waals surface area (Å²) >= 11 is 6.69. The molecule has 2 rings (SSSR count). The zero-order chi connectivity index (χ0) is 13.1. The monoisotopic (exact) mass is 376 g/mol. The van der Waals surface area contributed by atoms with Crippen LogP contribution in [0.15, 0.2) is 21.1 Å². The number of phenolic OH excluding ortho intramolecular Hbond substituents is 1. The summed E-state index contributed by atoms with van der Waals surface area (Å²) in [5.74, 6) is 0.252. The number of aromatic hydroxyl groups is 1. The van der Waals surface area contributed by atoms with E-state index < -0.39 is 0 Å². The van der Waals surface area contributed by atoms with Crippen LogP contribution in [0.5, 0.6) is 5.75 Å². The molecule has 0 bridgehead atoms. The van der Waals surface area contributed by atoms with Gasteiger partial charge in [-0.3, -0.25) is 0 Å². The minimum atomic E-state index is 0.252. The molecule has 5 heteroatoms. The second-order valence-electron chi connectivity index (χ2n) is 4.90. The van der Waals surface area contributed by atoms with Crippen molar-refractivity contribution in [2.24, 2.45) is 5.73 Å². The van der Waals surface area contributed by atoms with Crippen molar-refractivity contribution >= 4 is 31.9 Å². The number of halogens is 2. The molecule has 0 atom stereocenters. The van der Waals surface area contributed by atoms with E-state index in [0.717, 1.165) is 46.7 Å². The van der Waals surface area contributed by atoms with E-state index in [1.807, 2.05) is 12.1 Å². The minimum absolute atomic E-state index is 0.252. The number of rotatable bonds is 3. The van der Waals surface area contributed by atoms with Crippen LogP contribution in [-0.2, 0) is 6.54 Å². The van der Waals surface area contributed by atoms with Crippen LogP contribution in [0.3, 0.4) is 0 Å². The van der Waals surface area contributed by atoms with Gasteiger partial charge in [-0.25, -0.2) is 0 Å². The van der Waals surface area contributed by atoms with Gasteiger partial charge in [-0.05, 0) is 75.2 Å². The number of nitrogens with two attached hydrogens (primary N) is 1. The summed E-state index contributed by atoms with van der Waals surface area (Å²) < 4.78 is 1.44. The number of benzene rings is 1. The molecule has 0 radical (unpaired) electrons. The van der Waals surface area contributed by atoms with Crippen molar-refractivity contribution in [1.29, 1.82) is 0 Å². The molecule has 1 fully saturated rings. The quantitative estimate of drug-likeness (QED) is 0.757. The van der Waals surface area contributed by atoms with E-state index in [4.69, 9.17) is 5.73 Å². The van der Waals surface area contributed by atoms with Crippen molar-refractivity contribution in [1.82, 2.24) is 5.32 Å². The van der Waals surface area contributed by atoms with E-state index >= 15 is 0 Å². The summed E-state index contributed by atoms with van der Waals surface area (Å²) in [7, 11) is 0. The first-order valence-corrected chi connectivity index (χ1v) is 7.80. The molecule has 0 aliphatic heterocycles. The van der Waals surface area contributed by atoms with Gasteiger partial charge in [-0.15, -0.1) is 0 Å². The molecular formula is C13H18Br2N2O. The molecule has 0 unspecified atom stereocenters. The van der Waals surface area contributed by atoms with Gasteiger partial charge in [0.2, 0.25) is 0 Å². The molecule has 1 saturated carbocycles. The molecule has 18 heavy (non-hydrogen) atoms. The Morgan fingerprint density at radius 2 is 1.72 bits per heavy atom. The average molecular weight is 378 g/mol. The fraction of sp³-hybridized carbons (Fsp3) is 0.538. The van der Waals surface area contributed by atoms with Gasteiger partial charge in [-0.2, -0.15) is 0 Å². The summed E-state index contributed by atoms with van der Waals surface area (Å²) in [4.78, 5) is 0. The van der Waals surface area contributed by atoms with Crippen LogP contribution < -0.4 is 11.1 Å². The fourth-order valence-corrected chi connectivity index (χ4v) is 3.59. The topological polar surface area (TPSA) is 58.3 Å². The molecule has 0 aromatic heterocycles. The third kappa shape index (κ3) is 3.70. The fourth-order valence-electron chi connectivity index (χ4n) is 2.31. The van der Waals surface area contributed by atoms with E-state index in [-0.39, 0.29) is 5.75 Å². The molecule has 1 aliphatic carbocycles. The van der Waals surface area contributed by atoms with Gasteiger partial charge in [0.25, 0.3) is 0 Å². The standard InChI is InChI=1S/C13H18Br2N2O/c14-11-5-8(6-12(15)13(11)18)7-17-10-3-1-9(16)2-4-10/h5-6,9-10,17-18H,1-4,7,16H2. The average Bonchev–Trinajstić information content (AvgIpc) is 2.35. The molecule has 1 aliphatic rings. The van der Waals surface area contributed by atoms with E-state index in [2.05, 4.69) is 37.2 Å². The highest BCUT2D eigenvalue weighted by molar-refractivity contribution is 9.11. The molecule has 0 heterocycles. The van der Waals surface area contributed by atoms with Gasteiger partial charge < -0.3 is 16.2 Å². The lowest BCUT2D eigenvalue weighted by Crippen LogP contribution is -2.37. The van der Waals surface area contributed by atoms with Crippen LogP contribution >= 0.6 is 31.9 Å². The Bertz CT molecular complexity index is 394. The Balaban J connectivity index is 1.90. The predicted molar refractivity (Wildman–Crippen MR) is 80.6 cm³/mol. The molecule has 4 N–H and O–H groups in total. The molecule has 0 spiro atoms. The smallest absolute Gasteiger partial charge is 0.143 e. The van der Waals surface area contributed by atoms with Gasteiger partial charge in [0.05, 0.1) is 8.95 Å². The van der Waals surface area contributed by atoms with Crippen LogP contribution in [0, 0.1) is 0 Å². The molecule has 0 saturated heterocycles. The zero-order valence-electron chi connectivity index (χ0n) is 10.1. The lowest BCUT2D eigenvalue weighted by Gasteiger charge is -2.27. The van der Waals surface area contributed by atoms with Crippen molar-refractivity contribution in [2.75, 3.05) is 0 Å². The molecule has 3 nitrogen and oxygen atoms in total. The number of nitrogens with one attached hydrogen (secondary N) is 1. The van der Waals surface area contributed by atoms with Crippen molar-refractivity contribution < 1.29 is 5.11 Å². The van der Waals surface area contributed by atoms with Crippen LogP contribution in [0.4, 0.5) is 0 Å². The molecular weight excluding hydrogens is 360 g/mol. The Morgan fingerprint density at radius 1 is 1.17 bits per heavy atom. The van der Waals surface area contributed by atoms with Crippen LogP contribution in [0.25, 0.3) is 0 Å². The van der Waals surface area contributed by atoms with Crippen LogP contribution in [0.2, 0.25) is 0 Å². The largest absolute Gasteiger partial charge is 0.506 e. The second kappa shape index (κ2) is 6.37. The summed E-state index contributed by atoms with van der Waals surface area (Å²) in [6.45, 7) is 0.817. The molecule has 0 amide bonds. The predicted octanol–water partition coefficient (Wildman–Crippen LogP) is 3.28.